The summed E-state index contributed by atoms with van der Waals surface area (Å²) in [4.78, 5) is 13.9. The van der Waals surface area contributed by atoms with Gasteiger partial charge >= 0.3 is 0 Å². The fourth-order valence-corrected chi connectivity index (χ4v) is 5.87. The molecule has 1 atom stereocenters. The van der Waals surface area contributed by atoms with Crippen molar-refractivity contribution in [3.05, 3.63) is 59.7 Å². The van der Waals surface area contributed by atoms with Crippen LogP contribution < -0.4 is 0 Å². The molecule has 2 fully saturated rings. The lowest BCUT2D eigenvalue weighted by atomic mass is 9.88. The van der Waals surface area contributed by atoms with Gasteiger partial charge in [-0.3, -0.25) is 9.89 Å². The van der Waals surface area contributed by atoms with Crippen molar-refractivity contribution >= 4 is 27.7 Å². The van der Waals surface area contributed by atoms with Crippen LogP contribution >= 0.6 is 0 Å². The van der Waals surface area contributed by atoms with Crippen LogP contribution in [0.5, 0.6) is 0 Å². The number of amides is 1. The molecule has 34 heavy (non-hydrogen) atoms. The Balaban J connectivity index is 1.57. The number of carbonyl (C=O) groups excluding carboxylic acids is 1. The number of hydrogen-bond donors (Lipinski definition) is 1. The average Bonchev–Trinajstić information content (AvgIpc) is 3.57. The predicted octanol–water partition coefficient (Wildman–Crippen LogP) is 4.95. The first-order chi connectivity index (χ1) is 16.6. The van der Waals surface area contributed by atoms with Crippen LogP contribution in [0.3, 0.4) is 0 Å². The Hall–Kier alpha value is -3.19. The molecule has 176 valence electrons. The molecule has 2 aromatic heterocycles. The van der Waals surface area contributed by atoms with Crippen LogP contribution in [0.2, 0.25) is 0 Å². The maximum absolute atomic E-state index is 13.8. The Morgan fingerprint density at radius 3 is 2.71 bits per heavy atom. The first-order valence-electron chi connectivity index (χ1n) is 12.2. The molecule has 1 N–H and O–H groups in total. The molecule has 2 aliphatic rings. The molecule has 2 saturated heterocycles. The molecule has 4 aromatic rings. The molecule has 7 heteroatoms. The van der Waals surface area contributed by atoms with Gasteiger partial charge in [-0.1, -0.05) is 0 Å². The van der Waals surface area contributed by atoms with Gasteiger partial charge in [0.15, 0.2) is 0 Å². The molecule has 4 heterocycles. The van der Waals surface area contributed by atoms with E-state index < -0.39 is 0 Å². The molecule has 1 amide bonds. The number of nitrogens with zero attached hydrogens (tertiary/aromatic N) is 3. The zero-order valence-corrected chi connectivity index (χ0v) is 19.4. The van der Waals surface area contributed by atoms with Gasteiger partial charge < -0.3 is 14.2 Å². The second-order valence-corrected chi connectivity index (χ2v) is 9.71. The Labute approximate surface area is 197 Å². The lowest BCUT2D eigenvalue weighted by Gasteiger charge is -2.26. The van der Waals surface area contributed by atoms with Crippen LogP contribution in [-0.4, -0.2) is 51.9 Å². The van der Waals surface area contributed by atoms with Gasteiger partial charge in [-0.05, 0) is 73.6 Å². The highest BCUT2D eigenvalue weighted by Crippen LogP contribution is 2.41. The largest absolute Gasteiger partial charge is 0.381 e. The van der Waals surface area contributed by atoms with Crippen LogP contribution in [0, 0.1) is 11.7 Å². The van der Waals surface area contributed by atoms with Crippen LogP contribution in [0.4, 0.5) is 4.39 Å². The minimum atomic E-state index is -0.236. The van der Waals surface area contributed by atoms with Crippen molar-refractivity contribution in [3.63, 3.8) is 0 Å². The summed E-state index contributed by atoms with van der Waals surface area (Å²) >= 11 is 0. The van der Waals surface area contributed by atoms with E-state index in [-0.39, 0.29) is 11.7 Å². The number of ether oxygens (including phenoxy) is 1. The summed E-state index contributed by atoms with van der Waals surface area (Å²) < 4.78 is 21.9. The van der Waals surface area contributed by atoms with Crippen LogP contribution in [0.25, 0.3) is 27.5 Å². The molecule has 6 rings (SSSR count). The molecule has 2 aromatic carbocycles. The number of benzene rings is 2. The van der Waals surface area contributed by atoms with Crippen molar-refractivity contribution in [1.29, 1.82) is 0 Å². The van der Waals surface area contributed by atoms with Gasteiger partial charge in [-0.15, -0.1) is 0 Å². The summed E-state index contributed by atoms with van der Waals surface area (Å²) in [6, 6.07) is 11.2. The average molecular weight is 461 g/mol. The van der Waals surface area contributed by atoms with E-state index in [4.69, 9.17) is 4.74 Å². The monoisotopic (exact) mass is 460 g/mol. The van der Waals surface area contributed by atoms with E-state index in [1.807, 2.05) is 23.2 Å². The number of rotatable bonds is 4. The van der Waals surface area contributed by atoms with Gasteiger partial charge in [0.1, 0.15) is 5.82 Å². The lowest BCUT2D eigenvalue weighted by Crippen LogP contribution is -2.26. The molecule has 2 aliphatic heterocycles. The number of fused-ring (bicyclic) bond motifs is 2. The third-order valence-corrected chi connectivity index (χ3v) is 7.59. The van der Waals surface area contributed by atoms with E-state index >= 15 is 0 Å². The highest BCUT2D eigenvalue weighted by molar-refractivity contribution is 5.98. The summed E-state index contributed by atoms with van der Waals surface area (Å²) in [7, 11) is 0. The van der Waals surface area contributed by atoms with Crippen molar-refractivity contribution in [3.8, 4) is 5.69 Å². The summed E-state index contributed by atoms with van der Waals surface area (Å²) in [5, 5.41) is 9.65. The third kappa shape index (κ3) is 3.68. The van der Waals surface area contributed by atoms with Gasteiger partial charge in [0.2, 0.25) is 5.91 Å². The SMILES string of the molecule is CC(=O)N1CC[C@@H](Cc2c(C3CCOCC3)n(-c3ccc(F)cc3)c3cc4cn[nH]c4cc23)C1. The predicted molar refractivity (Wildman–Crippen MR) is 130 cm³/mol. The normalized spacial score (nSPS) is 19.5. The first kappa shape index (κ1) is 21.4. The van der Waals surface area contributed by atoms with Crippen LogP contribution in [0.1, 0.15) is 43.4 Å². The zero-order chi connectivity index (χ0) is 23.2. The molecule has 6 nitrogen and oxygen atoms in total. The number of hydrogen-bond acceptors (Lipinski definition) is 3. The van der Waals surface area contributed by atoms with Crippen molar-refractivity contribution in [2.24, 2.45) is 5.92 Å². The lowest BCUT2D eigenvalue weighted by molar-refractivity contribution is -0.127. The van der Waals surface area contributed by atoms with E-state index in [1.54, 1.807) is 6.92 Å². The molecule has 0 radical (unpaired) electrons. The van der Waals surface area contributed by atoms with E-state index in [2.05, 4.69) is 26.9 Å². The quantitative estimate of drug-likeness (QED) is 0.469. The van der Waals surface area contributed by atoms with E-state index in [9.17, 15) is 9.18 Å². The smallest absolute Gasteiger partial charge is 0.219 e. The minimum Gasteiger partial charge on any atom is -0.381 e. The number of halogens is 1. The Morgan fingerprint density at radius 2 is 1.97 bits per heavy atom. The Morgan fingerprint density at radius 1 is 1.18 bits per heavy atom. The van der Waals surface area contributed by atoms with Crippen molar-refractivity contribution < 1.29 is 13.9 Å². The number of carbonyl (C=O) groups is 1. The van der Waals surface area contributed by atoms with Gasteiger partial charge in [0.05, 0.1) is 17.2 Å². The Bertz CT molecular complexity index is 1350. The highest BCUT2D eigenvalue weighted by atomic mass is 19.1. The molecule has 0 saturated carbocycles. The van der Waals surface area contributed by atoms with Gasteiger partial charge in [0, 0.05) is 61.3 Å². The van der Waals surface area contributed by atoms with Gasteiger partial charge in [-0.25, -0.2) is 4.39 Å². The summed E-state index contributed by atoms with van der Waals surface area (Å²) in [5.74, 6) is 0.704. The van der Waals surface area contributed by atoms with E-state index in [1.165, 1.54) is 28.8 Å². The highest BCUT2D eigenvalue weighted by Gasteiger charge is 2.31. The number of nitrogens with one attached hydrogen (secondary N) is 1. The number of aromatic nitrogens is 3. The Kier molecular flexibility index (Phi) is 5.37. The summed E-state index contributed by atoms with van der Waals surface area (Å²) in [5.41, 5.74) is 5.77. The molecule has 0 bridgehead atoms. The number of H-pyrrole nitrogens is 1. The fourth-order valence-electron chi connectivity index (χ4n) is 5.87. The maximum Gasteiger partial charge on any atom is 0.219 e. The third-order valence-electron chi connectivity index (χ3n) is 7.59. The number of aromatic amines is 1. The van der Waals surface area contributed by atoms with Crippen molar-refractivity contribution in [1.82, 2.24) is 19.7 Å². The summed E-state index contributed by atoms with van der Waals surface area (Å²) in [6.07, 6.45) is 5.72. The second kappa shape index (κ2) is 8.55. The van der Waals surface area contributed by atoms with Crippen LogP contribution in [0.15, 0.2) is 42.6 Å². The topological polar surface area (TPSA) is 63.1 Å². The van der Waals surface area contributed by atoms with E-state index in [0.29, 0.717) is 11.8 Å². The molecular formula is C27H29FN4O2. The van der Waals surface area contributed by atoms with E-state index in [0.717, 1.165) is 74.1 Å². The standard InChI is InChI=1S/C27H29FN4O2/c1-17(33)31-9-6-18(16-31)12-24-23-14-25-20(15-29-30-25)13-26(23)32(22-4-2-21(28)3-5-22)27(24)19-7-10-34-11-8-19/h2-5,13-15,18-19H,6-12,16H2,1H3,(H,29,30)/t18-/m0/s1. The van der Waals surface area contributed by atoms with Gasteiger partial charge in [0.25, 0.3) is 0 Å². The molecular weight excluding hydrogens is 431 g/mol. The summed E-state index contributed by atoms with van der Waals surface area (Å²) in [6.45, 7) is 4.79. The number of likely N-dealkylation sites (tertiary alicyclic amines) is 1. The first-order valence-corrected chi connectivity index (χ1v) is 12.2. The fraction of sp³-hybridized carbons (Fsp3) is 0.407. The molecule has 0 spiro atoms. The minimum absolute atomic E-state index is 0.153. The molecule has 0 aliphatic carbocycles. The zero-order valence-electron chi connectivity index (χ0n) is 19.4. The van der Waals surface area contributed by atoms with Gasteiger partial charge in [-0.2, -0.15) is 5.10 Å². The van der Waals surface area contributed by atoms with Crippen molar-refractivity contribution in [2.75, 3.05) is 26.3 Å². The maximum atomic E-state index is 13.8. The van der Waals surface area contributed by atoms with Crippen LogP contribution in [-0.2, 0) is 16.0 Å². The second-order valence-electron chi connectivity index (χ2n) is 9.71. The molecule has 0 unspecified atom stereocenters. The van der Waals surface area contributed by atoms with Crippen molar-refractivity contribution in [2.45, 2.75) is 38.5 Å².